The number of imide groups is 2. The second-order valence-electron chi connectivity index (χ2n) is 8.61. The van der Waals surface area contributed by atoms with Crippen LogP contribution in [0.2, 0.25) is 0 Å². The average molecular weight is 657 g/mol. The van der Waals surface area contributed by atoms with Crippen LogP contribution in [0.15, 0.2) is 69.1 Å². The molecule has 0 spiro atoms. The van der Waals surface area contributed by atoms with Crippen LogP contribution in [0.5, 0.6) is 11.5 Å². The number of ether oxygens (including phenoxy) is 2. The summed E-state index contributed by atoms with van der Waals surface area (Å²) in [5.41, 5.74) is 3.38. The minimum atomic E-state index is -0.850. The number of methoxy groups -OCH3 is 1. The molecular weight excluding hydrogens is 634 g/mol. The molecule has 1 fully saturated rings. The lowest BCUT2D eigenvalue weighted by molar-refractivity contribution is -0.122. The molecule has 200 valence electrons. The summed E-state index contributed by atoms with van der Waals surface area (Å²) in [6.45, 7) is 3.71. The Hall–Kier alpha value is -3.96. The van der Waals surface area contributed by atoms with Gasteiger partial charge in [-0.05, 0) is 117 Å². The van der Waals surface area contributed by atoms with Crippen LogP contribution in [0.25, 0.3) is 6.08 Å². The number of barbiturate groups is 1. The number of hydrogen-bond donors (Lipinski definition) is 2. The number of benzene rings is 3. The molecule has 1 aliphatic heterocycles. The smallest absolute Gasteiger partial charge is 0.335 e. The zero-order chi connectivity index (χ0) is 28.3. The number of carbonyl (C=O) groups excluding carboxylic acids is 4. The Morgan fingerprint density at radius 1 is 0.974 bits per heavy atom. The molecule has 0 aliphatic carbocycles. The van der Waals surface area contributed by atoms with Crippen molar-refractivity contribution in [3.8, 4) is 11.5 Å². The quantitative estimate of drug-likeness (QED) is 0.256. The fraction of sp³-hybridized carbons (Fsp3) is 0.143. The molecule has 1 aliphatic rings. The lowest BCUT2D eigenvalue weighted by Gasteiger charge is -2.26. The van der Waals surface area contributed by atoms with E-state index in [9.17, 15) is 19.2 Å². The molecule has 3 aromatic carbocycles. The van der Waals surface area contributed by atoms with Crippen LogP contribution in [0.1, 0.15) is 16.7 Å². The maximum absolute atomic E-state index is 13.2. The predicted molar refractivity (Wildman–Crippen MR) is 154 cm³/mol. The molecule has 1 heterocycles. The highest BCUT2D eigenvalue weighted by Crippen LogP contribution is 2.36. The van der Waals surface area contributed by atoms with Gasteiger partial charge in [-0.15, -0.1) is 0 Å². The van der Waals surface area contributed by atoms with E-state index in [1.165, 1.54) is 13.2 Å². The first kappa shape index (κ1) is 28.1. The van der Waals surface area contributed by atoms with Crippen LogP contribution < -0.4 is 25.0 Å². The molecule has 9 nitrogen and oxygen atoms in total. The van der Waals surface area contributed by atoms with E-state index in [-0.39, 0.29) is 23.8 Å². The molecular formula is C28H23Br2N3O6. The molecule has 0 saturated carbocycles. The van der Waals surface area contributed by atoms with Gasteiger partial charge in [0.1, 0.15) is 17.1 Å². The highest BCUT2D eigenvalue weighted by atomic mass is 79.9. The summed E-state index contributed by atoms with van der Waals surface area (Å²) in [4.78, 5) is 51.4. The number of amides is 5. The highest BCUT2D eigenvalue weighted by molar-refractivity contribution is 9.11. The van der Waals surface area contributed by atoms with Gasteiger partial charge in [0, 0.05) is 5.69 Å². The van der Waals surface area contributed by atoms with Crippen LogP contribution in [-0.2, 0) is 14.4 Å². The number of urea groups is 1. The average Bonchev–Trinajstić information content (AvgIpc) is 2.88. The zero-order valence-corrected chi connectivity index (χ0v) is 24.3. The van der Waals surface area contributed by atoms with Crippen LogP contribution >= 0.6 is 31.9 Å². The van der Waals surface area contributed by atoms with Crippen molar-refractivity contribution in [2.24, 2.45) is 0 Å². The molecule has 1 saturated heterocycles. The van der Waals surface area contributed by atoms with E-state index in [1.54, 1.807) is 36.4 Å². The van der Waals surface area contributed by atoms with Crippen molar-refractivity contribution in [2.75, 3.05) is 23.9 Å². The third kappa shape index (κ3) is 6.37. The number of hydrogen-bond acceptors (Lipinski definition) is 6. The number of aryl methyl sites for hydroxylation is 2. The Bertz CT molecular complexity index is 1500. The fourth-order valence-electron chi connectivity index (χ4n) is 3.74. The largest absolute Gasteiger partial charge is 0.497 e. The van der Waals surface area contributed by atoms with Crippen LogP contribution in [0.3, 0.4) is 0 Å². The number of carbonyl (C=O) groups is 4. The lowest BCUT2D eigenvalue weighted by atomic mass is 10.1. The molecule has 5 amide bonds. The SMILES string of the molecule is COc1ccc(N2C(=O)NC(=O)/C(=C\c3cc(Br)c(OCC(=O)Nc4ccc(C)c(C)c4)c(Br)c3)C2=O)cc1. The molecule has 11 heteroatoms. The molecule has 0 unspecified atom stereocenters. The van der Waals surface area contributed by atoms with Gasteiger partial charge < -0.3 is 14.8 Å². The summed E-state index contributed by atoms with van der Waals surface area (Å²) < 4.78 is 11.8. The predicted octanol–water partition coefficient (Wildman–Crippen LogP) is 5.52. The molecule has 4 rings (SSSR count). The summed E-state index contributed by atoms with van der Waals surface area (Å²) in [6.07, 6.45) is 1.37. The van der Waals surface area contributed by atoms with Gasteiger partial charge >= 0.3 is 6.03 Å². The molecule has 0 bridgehead atoms. The summed E-state index contributed by atoms with van der Waals surface area (Å²) in [5, 5.41) is 4.99. The van der Waals surface area contributed by atoms with Crippen LogP contribution in [0, 0.1) is 13.8 Å². The standard InChI is InChI=1S/C28H23Br2N3O6/c1-15-4-5-18(10-16(15)2)31-24(34)14-39-25-22(29)12-17(13-23(25)30)11-21-26(35)32-28(37)33(27(21)36)19-6-8-20(38-3)9-7-19/h4-13H,14H2,1-3H3,(H,31,34)(H,32,35,37)/b21-11+. The number of halogens is 2. The van der Waals surface area contributed by atoms with Gasteiger partial charge in [-0.3, -0.25) is 19.7 Å². The molecule has 0 atom stereocenters. The number of nitrogens with one attached hydrogen (secondary N) is 2. The topological polar surface area (TPSA) is 114 Å². The first-order valence-electron chi connectivity index (χ1n) is 11.6. The Morgan fingerprint density at radius 3 is 2.26 bits per heavy atom. The van der Waals surface area contributed by atoms with Gasteiger partial charge in [-0.1, -0.05) is 6.07 Å². The van der Waals surface area contributed by atoms with E-state index < -0.39 is 17.8 Å². The van der Waals surface area contributed by atoms with Gasteiger partial charge in [-0.25, -0.2) is 9.69 Å². The first-order valence-corrected chi connectivity index (χ1v) is 13.2. The van der Waals surface area contributed by atoms with Crippen molar-refractivity contribution in [3.05, 3.63) is 85.8 Å². The van der Waals surface area contributed by atoms with Gasteiger partial charge in [0.2, 0.25) is 0 Å². The Morgan fingerprint density at radius 2 is 1.64 bits per heavy atom. The fourth-order valence-corrected chi connectivity index (χ4v) is 5.20. The van der Waals surface area contributed by atoms with Gasteiger partial charge in [-0.2, -0.15) is 0 Å². The monoisotopic (exact) mass is 655 g/mol. The lowest BCUT2D eigenvalue weighted by Crippen LogP contribution is -2.54. The van der Waals surface area contributed by atoms with Crippen LogP contribution in [-0.4, -0.2) is 37.5 Å². The van der Waals surface area contributed by atoms with Crippen molar-refractivity contribution < 1.29 is 28.7 Å². The van der Waals surface area contributed by atoms with E-state index >= 15 is 0 Å². The maximum atomic E-state index is 13.2. The van der Waals surface area contributed by atoms with Crippen LogP contribution in [0.4, 0.5) is 16.2 Å². The van der Waals surface area contributed by atoms with E-state index in [2.05, 4.69) is 42.5 Å². The normalized spacial score (nSPS) is 14.3. The number of nitrogens with zero attached hydrogens (tertiary/aromatic N) is 1. The Balaban J connectivity index is 1.51. The van der Waals surface area contributed by atoms with Gasteiger partial charge in [0.05, 0.1) is 21.7 Å². The summed E-state index contributed by atoms with van der Waals surface area (Å²) in [5.74, 6) is -1.01. The molecule has 3 aromatic rings. The molecule has 2 N–H and O–H groups in total. The van der Waals surface area contributed by atoms with Crippen molar-refractivity contribution in [1.82, 2.24) is 5.32 Å². The highest BCUT2D eigenvalue weighted by Gasteiger charge is 2.36. The Kier molecular flexibility index (Phi) is 8.51. The third-order valence-electron chi connectivity index (χ3n) is 5.90. The van der Waals surface area contributed by atoms with E-state index in [1.807, 2.05) is 32.0 Å². The minimum absolute atomic E-state index is 0.231. The zero-order valence-electron chi connectivity index (χ0n) is 21.1. The molecule has 0 aromatic heterocycles. The maximum Gasteiger partial charge on any atom is 0.335 e. The van der Waals surface area contributed by atoms with E-state index in [0.717, 1.165) is 16.0 Å². The summed E-state index contributed by atoms with van der Waals surface area (Å²) in [6, 6.07) is 14.3. The molecule has 0 radical (unpaired) electrons. The third-order valence-corrected chi connectivity index (χ3v) is 7.08. The second kappa shape index (κ2) is 11.8. The summed E-state index contributed by atoms with van der Waals surface area (Å²) in [7, 11) is 1.50. The first-order chi connectivity index (χ1) is 18.6. The van der Waals surface area contributed by atoms with E-state index in [0.29, 0.717) is 31.7 Å². The van der Waals surface area contributed by atoms with Gasteiger partial charge in [0.25, 0.3) is 17.7 Å². The minimum Gasteiger partial charge on any atom is -0.497 e. The van der Waals surface area contributed by atoms with Crippen molar-refractivity contribution in [2.45, 2.75) is 13.8 Å². The van der Waals surface area contributed by atoms with Crippen molar-refractivity contribution >= 4 is 73.1 Å². The second-order valence-corrected chi connectivity index (χ2v) is 10.3. The van der Waals surface area contributed by atoms with Crippen molar-refractivity contribution in [1.29, 1.82) is 0 Å². The van der Waals surface area contributed by atoms with E-state index in [4.69, 9.17) is 9.47 Å². The number of rotatable bonds is 7. The van der Waals surface area contributed by atoms with Crippen molar-refractivity contribution in [3.63, 3.8) is 0 Å². The number of anilines is 2. The van der Waals surface area contributed by atoms with Gasteiger partial charge in [0.15, 0.2) is 6.61 Å². The summed E-state index contributed by atoms with van der Waals surface area (Å²) >= 11 is 6.84. The molecule has 39 heavy (non-hydrogen) atoms. The Labute approximate surface area is 241 Å².